The smallest absolute Gasteiger partial charge is 0.122 e. The summed E-state index contributed by atoms with van der Waals surface area (Å²) >= 11 is 6.39. The largest absolute Gasteiger partial charge is 0.497 e. The molecule has 0 aliphatic carbocycles. The molecule has 4 heteroatoms. The molecule has 0 aliphatic rings. The molecule has 112 valence electrons. The summed E-state index contributed by atoms with van der Waals surface area (Å²) in [5.41, 5.74) is 3.22. The van der Waals surface area contributed by atoms with Crippen LogP contribution < -0.4 is 14.8 Å². The first-order valence-electron chi connectivity index (χ1n) is 6.76. The Kier molecular flexibility index (Phi) is 5.10. The van der Waals surface area contributed by atoms with Gasteiger partial charge in [0.2, 0.25) is 0 Å². The molecule has 0 saturated carbocycles. The minimum atomic E-state index is -0.00194. The SMILES string of the molecule is CNC(c1ccc(C)c(OC)c1)c1ccc(OC)cc1Cl. The number of methoxy groups -OCH3 is 2. The number of ether oxygens (including phenoxy) is 2. The standard InChI is InChI=1S/C17H20ClNO2/c1-11-5-6-12(9-16(11)21-4)17(19-2)14-8-7-13(20-3)10-15(14)18/h5-10,17,19H,1-4H3. The number of aryl methyl sites for hydroxylation is 1. The summed E-state index contributed by atoms with van der Waals surface area (Å²) in [5, 5.41) is 3.98. The molecule has 0 aliphatic heterocycles. The second kappa shape index (κ2) is 6.83. The maximum Gasteiger partial charge on any atom is 0.122 e. The quantitative estimate of drug-likeness (QED) is 0.906. The highest BCUT2D eigenvalue weighted by molar-refractivity contribution is 6.31. The maximum absolute atomic E-state index is 6.39. The van der Waals surface area contributed by atoms with E-state index in [1.54, 1.807) is 14.2 Å². The fraction of sp³-hybridized carbons (Fsp3) is 0.294. The zero-order valence-corrected chi connectivity index (χ0v) is 13.5. The van der Waals surface area contributed by atoms with Crippen molar-refractivity contribution < 1.29 is 9.47 Å². The summed E-state index contributed by atoms with van der Waals surface area (Å²) in [7, 11) is 5.23. The van der Waals surface area contributed by atoms with Crippen LogP contribution in [0, 0.1) is 6.92 Å². The second-order valence-electron chi connectivity index (χ2n) is 4.84. The van der Waals surface area contributed by atoms with Gasteiger partial charge in [-0.25, -0.2) is 0 Å². The number of halogens is 1. The van der Waals surface area contributed by atoms with Gasteiger partial charge in [-0.1, -0.05) is 29.8 Å². The van der Waals surface area contributed by atoms with E-state index in [9.17, 15) is 0 Å². The highest BCUT2D eigenvalue weighted by Gasteiger charge is 2.17. The third-order valence-corrected chi connectivity index (χ3v) is 3.90. The van der Waals surface area contributed by atoms with E-state index in [-0.39, 0.29) is 6.04 Å². The molecule has 0 fully saturated rings. The van der Waals surface area contributed by atoms with Gasteiger partial charge in [-0.3, -0.25) is 0 Å². The minimum Gasteiger partial charge on any atom is -0.497 e. The summed E-state index contributed by atoms with van der Waals surface area (Å²) in [4.78, 5) is 0. The average Bonchev–Trinajstić information content (AvgIpc) is 2.50. The average molecular weight is 306 g/mol. The Bertz CT molecular complexity index is 628. The molecule has 2 aromatic carbocycles. The van der Waals surface area contributed by atoms with Gasteiger partial charge in [0.25, 0.3) is 0 Å². The van der Waals surface area contributed by atoms with Crippen molar-refractivity contribution in [3.05, 3.63) is 58.1 Å². The van der Waals surface area contributed by atoms with Gasteiger partial charge in [-0.15, -0.1) is 0 Å². The second-order valence-corrected chi connectivity index (χ2v) is 5.25. The van der Waals surface area contributed by atoms with Crippen molar-refractivity contribution in [1.29, 1.82) is 0 Å². The lowest BCUT2D eigenvalue weighted by Gasteiger charge is -2.20. The van der Waals surface area contributed by atoms with E-state index in [0.29, 0.717) is 5.02 Å². The molecule has 1 unspecified atom stereocenters. The first-order valence-corrected chi connectivity index (χ1v) is 7.13. The van der Waals surface area contributed by atoms with Crippen molar-refractivity contribution in [2.24, 2.45) is 0 Å². The first-order chi connectivity index (χ1) is 10.1. The third kappa shape index (κ3) is 3.31. The topological polar surface area (TPSA) is 30.5 Å². The highest BCUT2D eigenvalue weighted by Crippen LogP contribution is 2.33. The number of rotatable bonds is 5. The molecule has 0 spiro atoms. The first kappa shape index (κ1) is 15.7. The van der Waals surface area contributed by atoms with Gasteiger partial charge in [-0.05, 0) is 48.9 Å². The van der Waals surface area contributed by atoms with Gasteiger partial charge in [0.15, 0.2) is 0 Å². The normalized spacial score (nSPS) is 12.0. The van der Waals surface area contributed by atoms with Gasteiger partial charge in [0.1, 0.15) is 11.5 Å². The number of hydrogen-bond acceptors (Lipinski definition) is 3. The van der Waals surface area contributed by atoms with E-state index < -0.39 is 0 Å². The van der Waals surface area contributed by atoms with E-state index >= 15 is 0 Å². The Labute approximate surface area is 130 Å². The van der Waals surface area contributed by atoms with Crippen LogP contribution in [0.15, 0.2) is 36.4 Å². The highest BCUT2D eigenvalue weighted by atomic mass is 35.5. The lowest BCUT2D eigenvalue weighted by Crippen LogP contribution is -2.18. The van der Waals surface area contributed by atoms with E-state index in [0.717, 1.165) is 28.2 Å². The molecule has 3 nitrogen and oxygen atoms in total. The Balaban J connectivity index is 2.44. The maximum atomic E-state index is 6.39. The number of nitrogens with one attached hydrogen (secondary N) is 1. The fourth-order valence-corrected chi connectivity index (χ4v) is 2.67. The van der Waals surface area contributed by atoms with E-state index in [1.807, 2.05) is 38.2 Å². The summed E-state index contributed by atoms with van der Waals surface area (Å²) < 4.78 is 10.6. The van der Waals surface area contributed by atoms with Crippen molar-refractivity contribution >= 4 is 11.6 Å². The van der Waals surface area contributed by atoms with Crippen LogP contribution in [0.4, 0.5) is 0 Å². The van der Waals surface area contributed by atoms with Gasteiger partial charge in [0, 0.05) is 5.02 Å². The molecule has 0 saturated heterocycles. The van der Waals surface area contributed by atoms with Gasteiger partial charge < -0.3 is 14.8 Å². The lowest BCUT2D eigenvalue weighted by molar-refractivity contribution is 0.410. The van der Waals surface area contributed by atoms with Crippen molar-refractivity contribution in [2.75, 3.05) is 21.3 Å². The molecule has 21 heavy (non-hydrogen) atoms. The molecule has 0 amide bonds. The summed E-state index contributed by atoms with van der Waals surface area (Å²) in [6.07, 6.45) is 0. The van der Waals surface area contributed by atoms with Crippen LogP contribution in [0.1, 0.15) is 22.7 Å². The van der Waals surface area contributed by atoms with Crippen LogP contribution in [0.5, 0.6) is 11.5 Å². The Morgan fingerprint density at radius 2 is 1.81 bits per heavy atom. The fourth-order valence-electron chi connectivity index (χ4n) is 2.39. The zero-order valence-electron chi connectivity index (χ0n) is 12.7. The molecule has 1 N–H and O–H groups in total. The van der Waals surface area contributed by atoms with Crippen molar-refractivity contribution in [3.63, 3.8) is 0 Å². The summed E-state index contributed by atoms with van der Waals surface area (Å²) in [6, 6.07) is 11.9. The van der Waals surface area contributed by atoms with E-state index in [4.69, 9.17) is 21.1 Å². The van der Waals surface area contributed by atoms with Crippen LogP contribution in [-0.2, 0) is 0 Å². The number of hydrogen-bond donors (Lipinski definition) is 1. The van der Waals surface area contributed by atoms with E-state index in [1.165, 1.54) is 0 Å². The predicted octanol–water partition coefficient (Wildman–Crippen LogP) is 3.97. The van der Waals surface area contributed by atoms with Crippen molar-refractivity contribution in [3.8, 4) is 11.5 Å². The van der Waals surface area contributed by atoms with Crippen LogP contribution in [0.25, 0.3) is 0 Å². The molecular formula is C17H20ClNO2. The Morgan fingerprint density at radius 1 is 1.05 bits per heavy atom. The molecule has 1 atom stereocenters. The summed E-state index contributed by atoms with van der Waals surface area (Å²) in [5.74, 6) is 1.62. The molecule has 0 bridgehead atoms. The number of benzene rings is 2. The lowest BCUT2D eigenvalue weighted by atomic mass is 9.97. The van der Waals surface area contributed by atoms with E-state index in [2.05, 4.69) is 17.4 Å². The molecule has 0 radical (unpaired) electrons. The van der Waals surface area contributed by atoms with Crippen molar-refractivity contribution in [2.45, 2.75) is 13.0 Å². The zero-order chi connectivity index (χ0) is 15.4. The molecule has 2 aromatic rings. The van der Waals surface area contributed by atoms with Crippen LogP contribution in [-0.4, -0.2) is 21.3 Å². The van der Waals surface area contributed by atoms with Gasteiger partial charge >= 0.3 is 0 Å². The van der Waals surface area contributed by atoms with Crippen LogP contribution >= 0.6 is 11.6 Å². The Morgan fingerprint density at radius 3 is 2.38 bits per heavy atom. The molecular weight excluding hydrogens is 286 g/mol. The van der Waals surface area contributed by atoms with Crippen LogP contribution in [0.3, 0.4) is 0 Å². The predicted molar refractivity (Wildman–Crippen MR) is 86.6 cm³/mol. The molecule has 2 rings (SSSR count). The van der Waals surface area contributed by atoms with Gasteiger partial charge in [-0.2, -0.15) is 0 Å². The third-order valence-electron chi connectivity index (χ3n) is 3.57. The molecule has 0 aromatic heterocycles. The Hall–Kier alpha value is -1.71. The van der Waals surface area contributed by atoms with Gasteiger partial charge in [0.05, 0.1) is 20.3 Å². The minimum absolute atomic E-state index is 0.00194. The summed E-state index contributed by atoms with van der Waals surface area (Å²) in [6.45, 7) is 2.03. The molecule has 0 heterocycles. The monoisotopic (exact) mass is 305 g/mol. The van der Waals surface area contributed by atoms with Crippen LogP contribution in [0.2, 0.25) is 5.02 Å². The van der Waals surface area contributed by atoms with Crippen molar-refractivity contribution in [1.82, 2.24) is 5.32 Å².